The minimum absolute atomic E-state index is 0.0634. The molecule has 1 aliphatic rings. The lowest BCUT2D eigenvalue weighted by atomic mass is 10.0. The molecule has 2 atom stereocenters. The molecule has 1 saturated heterocycles. The molecule has 1 fully saturated rings. The zero-order valence-electron chi connectivity index (χ0n) is 11.9. The van der Waals surface area contributed by atoms with E-state index in [1.54, 1.807) is 18.4 Å². The number of rotatable bonds is 5. The summed E-state index contributed by atoms with van der Waals surface area (Å²) >= 11 is 5.07. The smallest absolute Gasteiger partial charge is 0.247 e. The molecule has 21 heavy (non-hydrogen) atoms. The largest absolute Gasteiger partial charge is 0.467 e. The van der Waals surface area contributed by atoms with Crippen LogP contribution in [0.5, 0.6) is 0 Å². The predicted molar refractivity (Wildman–Crippen MR) is 81.7 cm³/mol. The van der Waals surface area contributed by atoms with Crippen molar-refractivity contribution in [3.8, 4) is 0 Å². The van der Waals surface area contributed by atoms with Crippen LogP contribution < -0.4 is 5.32 Å². The van der Waals surface area contributed by atoms with Crippen molar-refractivity contribution < 1.29 is 14.0 Å². The summed E-state index contributed by atoms with van der Waals surface area (Å²) in [6.45, 7) is 4.13. The molecule has 0 spiro atoms. The number of hydrogen-bond donors (Lipinski definition) is 1. The Morgan fingerprint density at radius 1 is 1.57 bits per heavy atom. The van der Waals surface area contributed by atoms with Crippen molar-refractivity contribution >= 4 is 35.4 Å². The lowest BCUT2D eigenvalue weighted by Crippen LogP contribution is -2.60. The first kappa shape index (κ1) is 15.4. The third-order valence-corrected chi connectivity index (χ3v) is 3.65. The van der Waals surface area contributed by atoms with Gasteiger partial charge in [-0.25, -0.2) is 0 Å². The molecule has 1 aromatic heterocycles. The molecule has 0 saturated carbocycles. The second-order valence-electron chi connectivity index (χ2n) is 4.81. The van der Waals surface area contributed by atoms with Gasteiger partial charge in [0.05, 0.1) is 12.8 Å². The summed E-state index contributed by atoms with van der Waals surface area (Å²) in [5.74, 6) is -1.04. The number of furan rings is 1. The molecule has 2 rings (SSSR count). The van der Waals surface area contributed by atoms with Crippen LogP contribution in [0, 0.1) is 5.92 Å². The molecule has 0 radical (unpaired) electrons. The SMILES string of the molecule is CC[C@@H](C)N1C(=O)[C@@H](C=NCc2ccco2)C(=O)NC1=S. The molecule has 0 aliphatic carbocycles. The highest BCUT2D eigenvalue weighted by molar-refractivity contribution is 7.80. The van der Waals surface area contributed by atoms with Crippen LogP contribution in [0.1, 0.15) is 26.0 Å². The van der Waals surface area contributed by atoms with Crippen molar-refractivity contribution in [2.75, 3.05) is 0 Å². The number of amides is 2. The molecule has 1 N–H and O–H groups in total. The number of nitrogens with one attached hydrogen (secondary N) is 1. The monoisotopic (exact) mass is 307 g/mol. The topological polar surface area (TPSA) is 74.9 Å². The Morgan fingerprint density at radius 3 is 2.95 bits per heavy atom. The lowest BCUT2D eigenvalue weighted by molar-refractivity contribution is -0.139. The normalized spacial score (nSPS) is 21.0. The Kier molecular flexibility index (Phi) is 4.85. The first-order valence-corrected chi connectivity index (χ1v) is 7.15. The van der Waals surface area contributed by atoms with Crippen LogP contribution in [-0.2, 0) is 16.1 Å². The van der Waals surface area contributed by atoms with Gasteiger partial charge in [-0.3, -0.25) is 19.5 Å². The summed E-state index contributed by atoms with van der Waals surface area (Å²) in [4.78, 5) is 29.9. The van der Waals surface area contributed by atoms with E-state index in [4.69, 9.17) is 16.6 Å². The molecule has 1 aliphatic heterocycles. The minimum Gasteiger partial charge on any atom is -0.467 e. The van der Waals surface area contributed by atoms with Crippen LogP contribution in [-0.4, -0.2) is 34.1 Å². The van der Waals surface area contributed by atoms with E-state index in [0.717, 1.165) is 6.42 Å². The van der Waals surface area contributed by atoms with Gasteiger partial charge in [0, 0.05) is 12.3 Å². The van der Waals surface area contributed by atoms with Crippen LogP contribution >= 0.6 is 12.2 Å². The van der Waals surface area contributed by atoms with Gasteiger partial charge in [-0.05, 0) is 37.7 Å². The Balaban J connectivity index is 2.10. The maximum absolute atomic E-state index is 12.4. The minimum atomic E-state index is -0.944. The van der Waals surface area contributed by atoms with Gasteiger partial charge in [0.25, 0.3) is 0 Å². The van der Waals surface area contributed by atoms with E-state index >= 15 is 0 Å². The Bertz CT molecular complexity index is 568. The zero-order chi connectivity index (χ0) is 15.4. The van der Waals surface area contributed by atoms with Gasteiger partial charge in [0.15, 0.2) is 11.0 Å². The predicted octanol–water partition coefficient (Wildman–Crippen LogP) is 1.51. The molecule has 0 unspecified atom stereocenters. The first-order chi connectivity index (χ1) is 10.0. The molecule has 112 valence electrons. The molecule has 0 bridgehead atoms. The fourth-order valence-electron chi connectivity index (χ4n) is 1.99. The Labute approximate surface area is 128 Å². The number of hydrogen-bond acceptors (Lipinski definition) is 5. The van der Waals surface area contributed by atoms with Crippen molar-refractivity contribution in [1.82, 2.24) is 10.2 Å². The Hall–Kier alpha value is -2.02. The zero-order valence-corrected chi connectivity index (χ0v) is 12.7. The average Bonchev–Trinajstić information content (AvgIpc) is 2.95. The van der Waals surface area contributed by atoms with Gasteiger partial charge in [-0.15, -0.1) is 0 Å². The fourth-order valence-corrected chi connectivity index (χ4v) is 2.36. The van der Waals surface area contributed by atoms with Crippen molar-refractivity contribution in [1.29, 1.82) is 0 Å². The number of nitrogens with zero attached hydrogens (tertiary/aromatic N) is 2. The highest BCUT2D eigenvalue weighted by atomic mass is 32.1. The van der Waals surface area contributed by atoms with E-state index < -0.39 is 11.8 Å². The summed E-state index contributed by atoms with van der Waals surface area (Å²) < 4.78 is 5.14. The summed E-state index contributed by atoms with van der Waals surface area (Å²) in [5, 5.41) is 2.71. The lowest BCUT2D eigenvalue weighted by Gasteiger charge is -2.34. The molecule has 7 heteroatoms. The Morgan fingerprint density at radius 2 is 2.33 bits per heavy atom. The fraction of sp³-hybridized carbons (Fsp3) is 0.429. The van der Waals surface area contributed by atoms with Crippen molar-refractivity contribution in [2.45, 2.75) is 32.9 Å². The maximum atomic E-state index is 12.4. The van der Waals surface area contributed by atoms with E-state index in [2.05, 4.69) is 10.3 Å². The third-order valence-electron chi connectivity index (χ3n) is 3.35. The summed E-state index contributed by atoms with van der Waals surface area (Å²) in [7, 11) is 0. The van der Waals surface area contributed by atoms with Crippen molar-refractivity contribution in [3.05, 3.63) is 24.2 Å². The van der Waals surface area contributed by atoms with E-state index in [1.807, 2.05) is 13.8 Å². The van der Waals surface area contributed by atoms with Crippen LogP contribution in [0.25, 0.3) is 0 Å². The molecule has 2 heterocycles. The van der Waals surface area contributed by atoms with E-state index in [-0.39, 0.29) is 23.6 Å². The average molecular weight is 307 g/mol. The number of carbonyl (C=O) groups is 2. The first-order valence-electron chi connectivity index (χ1n) is 6.74. The maximum Gasteiger partial charge on any atom is 0.247 e. The standard InChI is InChI=1S/C14H17N3O3S/c1-3-9(2)17-13(19)11(12(18)16-14(17)21)8-15-7-10-5-4-6-20-10/h4-6,8-9,11H,3,7H2,1-2H3,(H,16,18,21)/t9-,11+/m1/s1. The van der Waals surface area contributed by atoms with Gasteiger partial charge in [-0.2, -0.15) is 0 Å². The highest BCUT2D eigenvalue weighted by Crippen LogP contribution is 2.15. The second kappa shape index (κ2) is 6.62. The number of carbonyl (C=O) groups excluding carboxylic acids is 2. The van der Waals surface area contributed by atoms with E-state index in [1.165, 1.54) is 11.1 Å². The van der Waals surface area contributed by atoms with Gasteiger partial charge >= 0.3 is 0 Å². The van der Waals surface area contributed by atoms with Gasteiger partial charge < -0.3 is 9.73 Å². The molecule has 1 aromatic rings. The van der Waals surface area contributed by atoms with Gasteiger partial charge in [-0.1, -0.05) is 6.92 Å². The van der Waals surface area contributed by atoms with Crippen LogP contribution in [0.15, 0.2) is 27.8 Å². The van der Waals surface area contributed by atoms with Gasteiger partial charge in [0.1, 0.15) is 5.76 Å². The molecular formula is C14H17N3O3S. The molecular weight excluding hydrogens is 290 g/mol. The van der Waals surface area contributed by atoms with Crippen LogP contribution in [0.4, 0.5) is 0 Å². The van der Waals surface area contributed by atoms with Gasteiger partial charge in [0.2, 0.25) is 11.8 Å². The van der Waals surface area contributed by atoms with Crippen molar-refractivity contribution in [3.63, 3.8) is 0 Å². The second-order valence-corrected chi connectivity index (χ2v) is 5.19. The quantitative estimate of drug-likeness (QED) is 0.508. The molecule has 2 amide bonds. The molecule has 6 nitrogen and oxygen atoms in total. The van der Waals surface area contributed by atoms with Crippen LogP contribution in [0.2, 0.25) is 0 Å². The number of aliphatic imine (C=N–C) groups is 1. The summed E-state index contributed by atoms with van der Waals surface area (Å²) in [6.07, 6.45) is 3.65. The highest BCUT2D eigenvalue weighted by Gasteiger charge is 2.39. The van der Waals surface area contributed by atoms with Crippen LogP contribution in [0.3, 0.4) is 0 Å². The molecule has 0 aromatic carbocycles. The summed E-state index contributed by atoms with van der Waals surface area (Å²) in [6, 6.07) is 3.47. The van der Waals surface area contributed by atoms with E-state index in [9.17, 15) is 9.59 Å². The van der Waals surface area contributed by atoms with E-state index in [0.29, 0.717) is 5.76 Å². The summed E-state index contributed by atoms with van der Waals surface area (Å²) in [5.41, 5.74) is 0. The third kappa shape index (κ3) is 3.36. The number of thiocarbonyl (C=S) groups is 1. The van der Waals surface area contributed by atoms with Crippen molar-refractivity contribution in [2.24, 2.45) is 10.9 Å².